The molecule has 0 atom stereocenters. The number of anilines is 1. The standard InChI is InChI=1S/C16H15BrFNO/c1-10(2)12-5-3-4-6-15(12)19-16(20)13-8-7-11(17)9-14(13)18/h3-10H,1-2H3,(H,19,20). The molecule has 0 aliphatic heterocycles. The highest BCUT2D eigenvalue weighted by molar-refractivity contribution is 9.10. The lowest BCUT2D eigenvalue weighted by Crippen LogP contribution is -2.15. The van der Waals surface area contributed by atoms with Gasteiger partial charge in [0.15, 0.2) is 0 Å². The smallest absolute Gasteiger partial charge is 0.258 e. The van der Waals surface area contributed by atoms with Gasteiger partial charge < -0.3 is 5.32 Å². The molecule has 2 aromatic rings. The van der Waals surface area contributed by atoms with Crippen LogP contribution in [0.25, 0.3) is 0 Å². The molecule has 0 spiro atoms. The third-order valence-corrected chi connectivity index (χ3v) is 3.50. The van der Waals surface area contributed by atoms with Crippen LogP contribution in [0.4, 0.5) is 10.1 Å². The average molecular weight is 336 g/mol. The van der Waals surface area contributed by atoms with Crippen LogP contribution >= 0.6 is 15.9 Å². The first-order valence-electron chi connectivity index (χ1n) is 6.34. The second-order valence-electron chi connectivity index (χ2n) is 4.82. The maximum atomic E-state index is 13.8. The Balaban J connectivity index is 2.28. The quantitative estimate of drug-likeness (QED) is 0.843. The van der Waals surface area contributed by atoms with Crippen molar-refractivity contribution in [3.8, 4) is 0 Å². The fourth-order valence-corrected chi connectivity index (χ4v) is 2.31. The highest BCUT2D eigenvalue weighted by Gasteiger charge is 2.14. The molecule has 0 aliphatic rings. The van der Waals surface area contributed by atoms with E-state index in [0.717, 1.165) is 11.3 Å². The molecular weight excluding hydrogens is 321 g/mol. The van der Waals surface area contributed by atoms with E-state index in [4.69, 9.17) is 0 Å². The van der Waals surface area contributed by atoms with Gasteiger partial charge in [-0.1, -0.05) is 48.0 Å². The maximum absolute atomic E-state index is 13.8. The van der Waals surface area contributed by atoms with Gasteiger partial charge in [-0.05, 0) is 35.7 Å². The third-order valence-electron chi connectivity index (χ3n) is 3.01. The van der Waals surface area contributed by atoms with E-state index < -0.39 is 11.7 Å². The van der Waals surface area contributed by atoms with E-state index in [2.05, 4.69) is 21.2 Å². The number of nitrogens with one attached hydrogen (secondary N) is 1. The molecular formula is C16H15BrFNO. The molecule has 0 heterocycles. The summed E-state index contributed by atoms with van der Waals surface area (Å²) in [6, 6.07) is 11.9. The van der Waals surface area contributed by atoms with E-state index in [0.29, 0.717) is 4.47 Å². The van der Waals surface area contributed by atoms with Crippen LogP contribution < -0.4 is 5.32 Å². The van der Waals surface area contributed by atoms with Crippen LogP contribution in [0.15, 0.2) is 46.9 Å². The molecule has 0 bridgehead atoms. The lowest BCUT2D eigenvalue weighted by Gasteiger charge is -2.13. The highest BCUT2D eigenvalue weighted by Crippen LogP contribution is 2.24. The van der Waals surface area contributed by atoms with Crippen molar-refractivity contribution in [1.29, 1.82) is 0 Å². The van der Waals surface area contributed by atoms with Gasteiger partial charge in [0, 0.05) is 10.2 Å². The number of carbonyl (C=O) groups is 1. The summed E-state index contributed by atoms with van der Waals surface area (Å²) in [4.78, 5) is 12.2. The molecule has 2 nitrogen and oxygen atoms in total. The molecule has 0 saturated heterocycles. The first-order valence-corrected chi connectivity index (χ1v) is 7.13. The highest BCUT2D eigenvalue weighted by atomic mass is 79.9. The van der Waals surface area contributed by atoms with E-state index in [1.54, 1.807) is 6.07 Å². The van der Waals surface area contributed by atoms with Crippen molar-refractivity contribution in [2.45, 2.75) is 19.8 Å². The van der Waals surface area contributed by atoms with Gasteiger partial charge in [0.2, 0.25) is 0 Å². The van der Waals surface area contributed by atoms with Gasteiger partial charge in [0.1, 0.15) is 5.82 Å². The topological polar surface area (TPSA) is 29.1 Å². The Morgan fingerprint density at radius 2 is 1.90 bits per heavy atom. The normalized spacial score (nSPS) is 10.7. The predicted molar refractivity (Wildman–Crippen MR) is 82.6 cm³/mol. The SMILES string of the molecule is CC(C)c1ccccc1NC(=O)c1ccc(Br)cc1F. The van der Waals surface area contributed by atoms with Crippen molar-refractivity contribution in [3.05, 3.63) is 63.9 Å². The van der Waals surface area contributed by atoms with Crippen LogP contribution in [0.1, 0.15) is 35.7 Å². The Morgan fingerprint density at radius 1 is 1.20 bits per heavy atom. The second-order valence-corrected chi connectivity index (χ2v) is 5.74. The molecule has 1 N–H and O–H groups in total. The molecule has 2 rings (SSSR count). The summed E-state index contributed by atoms with van der Waals surface area (Å²) < 4.78 is 14.4. The minimum absolute atomic E-state index is 0.0340. The summed E-state index contributed by atoms with van der Waals surface area (Å²) in [5, 5.41) is 2.77. The lowest BCUT2D eigenvalue weighted by atomic mass is 10.0. The van der Waals surface area contributed by atoms with E-state index in [1.165, 1.54) is 12.1 Å². The van der Waals surface area contributed by atoms with E-state index in [1.807, 2.05) is 38.1 Å². The van der Waals surface area contributed by atoms with Crippen LogP contribution in [-0.2, 0) is 0 Å². The van der Waals surface area contributed by atoms with Crippen molar-refractivity contribution >= 4 is 27.5 Å². The van der Waals surface area contributed by atoms with E-state index >= 15 is 0 Å². The number of hydrogen-bond donors (Lipinski definition) is 1. The number of benzene rings is 2. The summed E-state index contributed by atoms with van der Waals surface area (Å²) in [6.45, 7) is 4.09. The Kier molecular flexibility index (Phi) is 4.55. The number of amides is 1. The Hall–Kier alpha value is -1.68. The zero-order valence-corrected chi connectivity index (χ0v) is 12.9. The molecule has 20 heavy (non-hydrogen) atoms. The minimum atomic E-state index is -0.543. The average Bonchev–Trinajstić information content (AvgIpc) is 2.38. The fraction of sp³-hybridized carbons (Fsp3) is 0.188. The molecule has 0 aromatic heterocycles. The van der Waals surface area contributed by atoms with Gasteiger partial charge >= 0.3 is 0 Å². The van der Waals surface area contributed by atoms with E-state index in [-0.39, 0.29) is 11.5 Å². The fourth-order valence-electron chi connectivity index (χ4n) is 1.98. The largest absolute Gasteiger partial charge is 0.322 e. The van der Waals surface area contributed by atoms with Gasteiger partial charge in [-0.3, -0.25) is 4.79 Å². The van der Waals surface area contributed by atoms with Crippen molar-refractivity contribution in [1.82, 2.24) is 0 Å². The lowest BCUT2D eigenvalue weighted by molar-refractivity contribution is 0.102. The van der Waals surface area contributed by atoms with Crippen molar-refractivity contribution in [3.63, 3.8) is 0 Å². The Labute approximate surface area is 126 Å². The third kappa shape index (κ3) is 3.25. The number of halogens is 2. The van der Waals surface area contributed by atoms with Gasteiger partial charge in [-0.15, -0.1) is 0 Å². The van der Waals surface area contributed by atoms with Crippen molar-refractivity contribution < 1.29 is 9.18 Å². The zero-order valence-electron chi connectivity index (χ0n) is 11.3. The summed E-state index contributed by atoms with van der Waals surface area (Å²) in [6.07, 6.45) is 0. The summed E-state index contributed by atoms with van der Waals surface area (Å²) in [5.41, 5.74) is 1.78. The molecule has 0 unspecified atom stereocenters. The first kappa shape index (κ1) is 14.7. The maximum Gasteiger partial charge on any atom is 0.258 e. The molecule has 2 aromatic carbocycles. The Bertz CT molecular complexity index is 640. The van der Waals surface area contributed by atoms with Gasteiger partial charge in [0.05, 0.1) is 5.56 Å². The van der Waals surface area contributed by atoms with Crippen LogP contribution in [-0.4, -0.2) is 5.91 Å². The van der Waals surface area contributed by atoms with Crippen LogP contribution in [0.3, 0.4) is 0 Å². The van der Waals surface area contributed by atoms with Crippen LogP contribution in [0, 0.1) is 5.82 Å². The second kappa shape index (κ2) is 6.18. The van der Waals surface area contributed by atoms with Crippen molar-refractivity contribution in [2.24, 2.45) is 0 Å². The van der Waals surface area contributed by atoms with E-state index in [9.17, 15) is 9.18 Å². The predicted octanol–water partition coefficient (Wildman–Crippen LogP) is 4.96. The molecule has 0 fully saturated rings. The molecule has 104 valence electrons. The molecule has 4 heteroatoms. The molecule has 0 saturated carbocycles. The number of hydrogen-bond acceptors (Lipinski definition) is 1. The molecule has 0 aliphatic carbocycles. The molecule has 1 amide bonds. The van der Waals surface area contributed by atoms with Gasteiger partial charge in [0.25, 0.3) is 5.91 Å². The number of carbonyl (C=O) groups excluding carboxylic acids is 1. The van der Waals surface area contributed by atoms with Crippen LogP contribution in [0.2, 0.25) is 0 Å². The summed E-state index contributed by atoms with van der Waals surface area (Å²) in [5.74, 6) is -0.705. The van der Waals surface area contributed by atoms with Gasteiger partial charge in [-0.25, -0.2) is 4.39 Å². The first-order chi connectivity index (χ1) is 9.49. The molecule has 0 radical (unpaired) electrons. The van der Waals surface area contributed by atoms with Crippen LogP contribution in [0.5, 0.6) is 0 Å². The van der Waals surface area contributed by atoms with Gasteiger partial charge in [-0.2, -0.15) is 0 Å². The van der Waals surface area contributed by atoms with Crippen molar-refractivity contribution in [2.75, 3.05) is 5.32 Å². The zero-order chi connectivity index (χ0) is 14.7. The number of rotatable bonds is 3. The number of para-hydroxylation sites is 1. The monoisotopic (exact) mass is 335 g/mol. The Morgan fingerprint density at radius 3 is 2.55 bits per heavy atom. The summed E-state index contributed by atoms with van der Waals surface area (Å²) >= 11 is 3.17. The minimum Gasteiger partial charge on any atom is -0.322 e. The summed E-state index contributed by atoms with van der Waals surface area (Å²) in [7, 11) is 0.